The third-order valence-corrected chi connectivity index (χ3v) is 8.33. The molecule has 0 aliphatic carbocycles. The lowest BCUT2D eigenvalue weighted by molar-refractivity contribution is 0.0997. The zero-order valence-corrected chi connectivity index (χ0v) is 22.6. The Hall–Kier alpha value is -3.37. The van der Waals surface area contributed by atoms with E-state index in [1.165, 1.54) is 31.5 Å². The number of sulfone groups is 1. The maximum absolute atomic E-state index is 13.7. The van der Waals surface area contributed by atoms with E-state index in [9.17, 15) is 13.2 Å². The fraction of sp³-hybridized carbons (Fsp3) is 0.346. The molecule has 1 atom stereocenters. The summed E-state index contributed by atoms with van der Waals surface area (Å²) in [5, 5.41) is 0.155. The number of aromatic nitrogens is 2. The number of halogens is 1. The van der Waals surface area contributed by atoms with Crippen LogP contribution in [0.4, 0.5) is 5.82 Å². The third kappa shape index (κ3) is 5.35. The van der Waals surface area contributed by atoms with Crippen molar-refractivity contribution in [1.82, 2.24) is 9.97 Å². The first-order valence-corrected chi connectivity index (χ1v) is 13.5. The summed E-state index contributed by atoms with van der Waals surface area (Å²) in [5.74, 6) is 0.351. The number of rotatable bonds is 8. The maximum atomic E-state index is 13.7. The molecule has 2 N–H and O–H groups in total. The fourth-order valence-electron chi connectivity index (χ4n) is 4.75. The van der Waals surface area contributed by atoms with E-state index in [0.717, 1.165) is 12.0 Å². The first kappa shape index (κ1) is 26.7. The summed E-state index contributed by atoms with van der Waals surface area (Å²) in [6.07, 6.45) is 2.24. The number of benzene rings is 1. The van der Waals surface area contributed by atoms with Gasteiger partial charge >= 0.3 is 0 Å². The number of carbonyl (C=O) groups excluding carboxylic acids is 1. The Kier molecular flexibility index (Phi) is 7.34. The van der Waals surface area contributed by atoms with Gasteiger partial charge in [0.2, 0.25) is 15.7 Å². The number of hydrogen-bond donors (Lipinski definition) is 1. The second-order valence-corrected chi connectivity index (χ2v) is 12.0. The lowest BCUT2D eigenvalue weighted by Crippen LogP contribution is -2.40. The molecule has 0 bridgehead atoms. The highest BCUT2D eigenvalue weighted by Crippen LogP contribution is 2.39. The number of ether oxygens (including phenoxy) is 2. The molecule has 1 fully saturated rings. The molecule has 1 aliphatic heterocycles. The summed E-state index contributed by atoms with van der Waals surface area (Å²) >= 11 is 6.17. The van der Waals surface area contributed by atoms with Crippen molar-refractivity contribution in [2.45, 2.75) is 49.3 Å². The monoisotopic (exact) mass is 544 g/mol. The summed E-state index contributed by atoms with van der Waals surface area (Å²) in [6.45, 7) is 6.89. The maximum Gasteiger partial charge on any atom is 0.253 e. The molecule has 1 aliphatic rings. The van der Waals surface area contributed by atoms with E-state index in [2.05, 4.69) is 16.9 Å². The van der Waals surface area contributed by atoms with Crippen LogP contribution in [0.1, 0.15) is 43.1 Å². The predicted octanol–water partition coefficient (Wildman–Crippen LogP) is 4.27. The van der Waals surface area contributed by atoms with Crippen LogP contribution in [0, 0.1) is 5.92 Å². The zero-order valence-electron chi connectivity index (χ0n) is 21.1. The number of pyridine rings is 2. The highest BCUT2D eigenvalue weighted by atomic mass is 35.5. The van der Waals surface area contributed by atoms with Crippen LogP contribution >= 0.6 is 11.6 Å². The third-order valence-electron chi connectivity index (χ3n) is 6.33. The van der Waals surface area contributed by atoms with Gasteiger partial charge in [0.1, 0.15) is 23.7 Å². The molecule has 0 radical (unpaired) electrons. The van der Waals surface area contributed by atoms with Crippen molar-refractivity contribution in [3.8, 4) is 11.6 Å². The fourth-order valence-corrected chi connectivity index (χ4v) is 6.42. The molecule has 1 aromatic carbocycles. The first-order chi connectivity index (χ1) is 17.4. The summed E-state index contributed by atoms with van der Waals surface area (Å²) in [5.41, 5.74) is 6.00. The van der Waals surface area contributed by atoms with Gasteiger partial charge in [-0.05, 0) is 56.0 Å². The summed E-state index contributed by atoms with van der Waals surface area (Å²) in [4.78, 5) is 22.9. The van der Waals surface area contributed by atoms with Crippen molar-refractivity contribution in [2.75, 3.05) is 18.6 Å². The molecule has 4 rings (SSSR count). The standard InChI is InChI=1S/C26H29ClN4O5S/c1-16-13-26(2,3)31(14-16)25-23(24(28)32)20(10-11-29-25)37(33,34)22-7-5-6-21(30-22)36-15-17-8-9-19(35-4)18(27)12-17/h5-12,16H,13-15H2,1-4H3,(H2,28,32). The average Bonchev–Trinajstić information content (AvgIpc) is 3.13. The van der Waals surface area contributed by atoms with Gasteiger partial charge in [0.25, 0.3) is 5.91 Å². The van der Waals surface area contributed by atoms with Gasteiger partial charge < -0.3 is 20.1 Å². The van der Waals surface area contributed by atoms with E-state index in [4.69, 9.17) is 26.8 Å². The molecule has 2 aromatic heterocycles. The Bertz CT molecular complexity index is 1440. The molecule has 37 heavy (non-hydrogen) atoms. The summed E-state index contributed by atoms with van der Waals surface area (Å²) < 4.78 is 38.3. The minimum atomic E-state index is -4.23. The van der Waals surface area contributed by atoms with Crippen LogP contribution in [0.3, 0.4) is 0 Å². The Morgan fingerprint density at radius 2 is 2.00 bits per heavy atom. The molecule has 3 heterocycles. The van der Waals surface area contributed by atoms with Gasteiger partial charge in [0.05, 0.1) is 17.0 Å². The highest BCUT2D eigenvalue weighted by Gasteiger charge is 2.40. The van der Waals surface area contributed by atoms with E-state index in [-0.39, 0.29) is 39.3 Å². The summed E-state index contributed by atoms with van der Waals surface area (Å²) in [6, 6.07) is 10.9. The number of nitrogens with two attached hydrogens (primary N) is 1. The smallest absolute Gasteiger partial charge is 0.253 e. The van der Waals surface area contributed by atoms with Gasteiger partial charge in [-0.25, -0.2) is 18.4 Å². The quantitative estimate of drug-likeness (QED) is 0.445. The van der Waals surface area contributed by atoms with E-state index in [1.807, 2.05) is 18.7 Å². The number of primary amides is 1. The first-order valence-electron chi connectivity index (χ1n) is 11.7. The van der Waals surface area contributed by atoms with Crippen molar-refractivity contribution in [2.24, 2.45) is 11.7 Å². The molecule has 0 saturated carbocycles. The van der Waals surface area contributed by atoms with Gasteiger partial charge in [-0.15, -0.1) is 0 Å². The normalized spacial score (nSPS) is 17.0. The minimum Gasteiger partial charge on any atom is -0.495 e. The molecule has 3 aromatic rings. The average molecular weight is 545 g/mol. The van der Waals surface area contributed by atoms with Crippen LogP contribution in [-0.2, 0) is 16.4 Å². The molecule has 1 unspecified atom stereocenters. The molecule has 196 valence electrons. The van der Waals surface area contributed by atoms with Gasteiger partial charge in [-0.1, -0.05) is 30.7 Å². The van der Waals surface area contributed by atoms with Crippen molar-refractivity contribution >= 4 is 33.2 Å². The number of methoxy groups -OCH3 is 1. The molecule has 9 nitrogen and oxygen atoms in total. The van der Waals surface area contributed by atoms with Gasteiger partial charge in [0.15, 0.2) is 5.03 Å². The van der Waals surface area contributed by atoms with Crippen LogP contribution in [-0.4, -0.2) is 43.5 Å². The predicted molar refractivity (Wildman–Crippen MR) is 140 cm³/mol. The number of nitrogens with zero attached hydrogens (tertiary/aromatic N) is 3. The lowest BCUT2D eigenvalue weighted by Gasteiger charge is -2.33. The molecule has 11 heteroatoms. The van der Waals surface area contributed by atoms with Crippen molar-refractivity contribution < 1.29 is 22.7 Å². The molecule has 0 spiro atoms. The Balaban J connectivity index is 1.67. The SMILES string of the molecule is COc1ccc(COc2cccc(S(=O)(=O)c3ccnc(N4CC(C)CC4(C)C)c3C(N)=O)n2)cc1Cl. The minimum absolute atomic E-state index is 0.0948. The Morgan fingerprint density at radius 1 is 1.24 bits per heavy atom. The van der Waals surface area contributed by atoms with Crippen molar-refractivity contribution in [3.05, 3.63) is 64.8 Å². The van der Waals surface area contributed by atoms with Crippen LogP contribution < -0.4 is 20.1 Å². The van der Waals surface area contributed by atoms with E-state index < -0.39 is 15.7 Å². The number of amides is 1. The number of anilines is 1. The van der Waals surface area contributed by atoms with Crippen LogP contribution in [0.5, 0.6) is 11.6 Å². The van der Waals surface area contributed by atoms with Crippen LogP contribution in [0.15, 0.2) is 58.6 Å². The number of hydrogen-bond acceptors (Lipinski definition) is 8. The molecular weight excluding hydrogens is 516 g/mol. The van der Waals surface area contributed by atoms with Gasteiger partial charge in [-0.2, -0.15) is 0 Å². The van der Waals surface area contributed by atoms with E-state index in [1.54, 1.807) is 24.3 Å². The molecule has 1 saturated heterocycles. The summed E-state index contributed by atoms with van der Waals surface area (Å²) in [7, 11) is -2.71. The van der Waals surface area contributed by atoms with Crippen LogP contribution in [0.25, 0.3) is 0 Å². The second-order valence-electron chi connectivity index (χ2n) is 9.68. The zero-order chi connectivity index (χ0) is 27.0. The topological polar surface area (TPSA) is 125 Å². The Labute approximate surface area is 221 Å². The van der Waals surface area contributed by atoms with Gasteiger partial charge in [-0.3, -0.25) is 4.79 Å². The van der Waals surface area contributed by atoms with Crippen LogP contribution in [0.2, 0.25) is 5.02 Å². The van der Waals surface area contributed by atoms with Crippen molar-refractivity contribution in [1.29, 1.82) is 0 Å². The number of carbonyl (C=O) groups is 1. The molecular formula is C26H29ClN4O5S. The van der Waals surface area contributed by atoms with E-state index in [0.29, 0.717) is 23.2 Å². The highest BCUT2D eigenvalue weighted by molar-refractivity contribution is 7.91. The lowest BCUT2D eigenvalue weighted by atomic mass is 9.97. The Morgan fingerprint density at radius 3 is 2.62 bits per heavy atom. The van der Waals surface area contributed by atoms with E-state index >= 15 is 0 Å². The largest absolute Gasteiger partial charge is 0.495 e. The van der Waals surface area contributed by atoms with Gasteiger partial charge in [0, 0.05) is 24.3 Å². The molecule has 1 amide bonds. The van der Waals surface area contributed by atoms with Crippen molar-refractivity contribution in [3.63, 3.8) is 0 Å². The second kappa shape index (κ2) is 10.2.